The van der Waals surface area contributed by atoms with Crippen molar-refractivity contribution in [3.63, 3.8) is 0 Å². The maximum Gasteiger partial charge on any atom is 0.112 e. The molecule has 0 aliphatic carbocycles. The zero-order valence-electron chi connectivity index (χ0n) is 10.2. The Labute approximate surface area is 110 Å². The van der Waals surface area contributed by atoms with Crippen LogP contribution < -0.4 is 4.90 Å². The van der Waals surface area contributed by atoms with Gasteiger partial charge in [-0.1, -0.05) is 6.92 Å². The largest absolute Gasteiger partial charge is 0.370 e. The second-order valence-electron chi connectivity index (χ2n) is 3.93. The van der Waals surface area contributed by atoms with Gasteiger partial charge in [0.1, 0.15) is 5.52 Å². The number of halogens is 1. The van der Waals surface area contributed by atoms with Gasteiger partial charge in [-0.3, -0.25) is 9.97 Å². The van der Waals surface area contributed by atoms with E-state index in [9.17, 15) is 0 Å². The Hall–Kier alpha value is -1.16. The number of anilines is 1. The fourth-order valence-electron chi connectivity index (χ4n) is 1.97. The average molecular weight is 294 g/mol. The van der Waals surface area contributed by atoms with Crippen molar-refractivity contribution >= 4 is 32.7 Å². The molecular weight excluding hydrogens is 278 g/mol. The number of rotatable bonds is 4. The molecule has 0 radical (unpaired) electrons. The maximum atomic E-state index is 4.48. The molecule has 0 spiro atoms. The van der Waals surface area contributed by atoms with Crippen LogP contribution in [0.15, 0.2) is 29.0 Å². The number of hydrogen-bond acceptors (Lipinski definition) is 3. The van der Waals surface area contributed by atoms with Gasteiger partial charge in [0.25, 0.3) is 0 Å². The van der Waals surface area contributed by atoms with Gasteiger partial charge in [0, 0.05) is 30.0 Å². The number of pyridine rings is 2. The third-order valence-electron chi connectivity index (χ3n) is 2.74. The van der Waals surface area contributed by atoms with Crippen molar-refractivity contribution in [2.45, 2.75) is 20.3 Å². The molecule has 0 saturated carbocycles. The average Bonchev–Trinajstić information content (AvgIpc) is 2.35. The van der Waals surface area contributed by atoms with Crippen LogP contribution in [0.25, 0.3) is 11.0 Å². The first-order chi connectivity index (χ1) is 8.26. The summed E-state index contributed by atoms with van der Waals surface area (Å²) in [5, 5.41) is 0. The molecule has 4 heteroatoms. The van der Waals surface area contributed by atoms with Crippen molar-refractivity contribution in [2.24, 2.45) is 0 Å². The SMILES string of the molecule is CCCN(CC)c1ccnc2cc(Br)cnc12. The Morgan fingerprint density at radius 2 is 2.12 bits per heavy atom. The van der Waals surface area contributed by atoms with E-state index in [1.54, 1.807) is 0 Å². The van der Waals surface area contributed by atoms with Crippen LogP contribution in [-0.4, -0.2) is 23.1 Å². The van der Waals surface area contributed by atoms with Gasteiger partial charge in [0.2, 0.25) is 0 Å². The number of hydrogen-bond donors (Lipinski definition) is 0. The minimum atomic E-state index is 0.937. The summed E-state index contributed by atoms with van der Waals surface area (Å²) in [5.74, 6) is 0. The summed E-state index contributed by atoms with van der Waals surface area (Å²) in [6, 6.07) is 4.05. The van der Waals surface area contributed by atoms with Crippen molar-refractivity contribution < 1.29 is 0 Å². The molecule has 90 valence electrons. The third kappa shape index (κ3) is 2.57. The van der Waals surface area contributed by atoms with Crippen LogP contribution in [-0.2, 0) is 0 Å². The Morgan fingerprint density at radius 3 is 2.82 bits per heavy atom. The van der Waals surface area contributed by atoms with Gasteiger partial charge in [-0.25, -0.2) is 0 Å². The first-order valence-corrected chi connectivity index (χ1v) is 6.70. The zero-order valence-corrected chi connectivity index (χ0v) is 11.7. The van der Waals surface area contributed by atoms with Crippen LogP contribution >= 0.6 is 15.9 Å². The summed E-state index contributed by atoms with van der Waals surface area (Å²) < 4.78 is 0.966. The summed E-state index contributed by atoms with van der Waals surface area (Å²) in [7, 11) is 0. The molecule has 0 aliphatic rings. The van der Waals surface area contributed by atoms with Crippen LogP contribution in [0.2, 0.25) is 0 Å². The van der Waals surface area contributed by atoms with E-state index in [1.807, 2.05) is 24.5 Å². The van der Waals surface area contributed by atoms with Gasteiger partial charge in [-0.15, -0.1) is 0 Å². The molecule has 0 saturated heterocycles. The number of fused-ring (bicyclic) bond motifs is 1. The lowest BCUT2D eigenvalue weighted by Crippen LogP contribution is -2.23. The molecule has 0 fully saturated rings. The summed E-state index contributed by atoms with van der Waals surface area (Å²) >= 11 is 3.43. The first-order valence-electron chi connectivity index (χ1n) is 5.91. The molecular formula is C13H16BrN3. The van der Waals surface area contributed by atoms with E-state index in [4.69, 9.17) is 0 Å². The van der Waals surface area contributed by atoms with Crippen molar-refractivity contribution in [3.8, 4) is 0 Å². The smallest absolute Gasteiger partial charge is 0.112 e. The fraction of sp³-hybridized carbons (Fsp3) is 0.385. The monoisotopic (exact) mass is 293 g/mol. The summed E-state index contributed by atoms with van der Waals surface area (Å²) in [6.07, 6.45) is 4.81. The Bertz CT molecular complexity index is 513. The van der Waals surface area contributed by atoms with Crippen molar-refractivity contribution in [1.29, 1.82) is 0 Å². The van der Waals surface area contributed by atoms with Gasteiger partial charge < -0.3 is 4.90 Å². The first kappa shape index (κ1) is 12.3. The molecule has 0 N–H and O–H groups in total. The van der Waals surface area contributed by atoms with E-state index in [2.05, 4.69) is 44.6 Å². The Morgan fingerprint density at radius 1 is 1.29 bits per heavy atom. The molecule has 0 aromatic carbocycles. The molecule has 0 bridgehead atoms. The van der Waals surface area contributed by atoms with E-state index in [0.29, 0.717) is 0 Å². The van der Waals surface area contributed by atoms with Gasteiger partial charge in [-0.2, -0.15) is 0 Å². The minimum Gasteiger partial charge on any atom is -0.370 e. The normalized spacial score (nSPS) is 10.8. The quantitative estimate of drug-likeness (QED) is 0.862. The van der Waals surface area contributed by atoms with Crippen molar-refractivity contribution in [1.82, 2.24) is 9.97 Å². The molecule has 17 heavy (non-hydrogen) atoms. The maximum absolute atomic E-state index is 4.48. The van der Waals surface area contributed by atoms with E-state index < -0.39 is 0 Å². The molecule has 2 rings (SSSR count). The fourth-order valence-corrected chi connectivity index (χ4v) is 2.28. The van der Waals surface area contributed by atoms with Crippen LogP contribution in [0.4, 0.5) is 5.69 Å². The van der Waals surface area contributed by atoms with E-state index >= 15 is 0 Å². The minimum absolute atomic E-state index is 0.937. The van der Waals surface area contributed by atoms with E-state index in [0.717, 1.165) is 35.0 Å². The predicted octanol–water partition coefficient (Wildman–Crippen LogP) is 3.63. The summed E-state index contributed by atoms with van der Waals surface area (Å²) in [6.45, 7) is 6.40. The van der Waals surface area contributed by atoms with Crippen LogP contribution in [0, 0.1) is 0 Å². The van der Waals surface area contributed by atoms with Crippen LogP contribution in [0.3, 0.4) is 0 Å². The van der Waals surface area contributed by atoms with Gasteiger partial charge in [-0.05, 0) is 41.4 Å². The predicted molar refractivity (Wildman–Crippen MR) is 75.4 cm³/mol. The molecule has 0 unspecified atom stereocenters. The molecule has 0 amide bonds. The number of aromatic nitrogens is 2. The topological polar surface area (TPSA) is 29.0 Å². The zero-order chi connectivity index (χ0) is 12.3. The Balaban J connectivity index is 2.53. The van der Waals surface area contributed by atoms with E-state index in [-0.39, 0.29) is 0 Å². The molecule has 2 aromatic heterocycles. The molecule has 2 aromatic rings. The van der Waals surface area contributed by atoms with Gasteiger partial charge in [0.05, 0.1) is 11.2 Å². The van der Waals surface area contributed by atoms with Crippen LogP contribution in [0.5, 0.6) is 0 Å². The number of nitrogens with zero attached hydrogens (tertiary/aromatic N) is 3. The highest BCUT2D eigenvalue weighted by atomic mass is 79.9. The van der Waals surface area contributed by atoms with Gasteiger partial charge in [0.15, 0.2) is 0 Å². The highest BCUT2D eigenvalue weighted by molar-refractivity contribution is 9.10. The standard InChI is InChI=1S/C13H16BrN3/c1-3-7-17(4-2)12-5-6-15-11-8-10(14)9-16-13(11)12/h5-6,8-9H,3-4,7H2,1-2H3. The lowest BCUT2D eigenvalue weighted by atomic mass is 10.2. The lowest BCUT2D eigenvalue weighted by Gasteiger charge is -2.23. The summed E-state index contributed by atoms with van der Waals surface area (Å²) in [4.78, 5) is 11.2. The summed E-state index contributed by atoms with van der Waals surface area (Å²) in [5.41, 5.74) is 3.09. The van der Waals surface area contributed by atoms with Crippen molar-refractivity contribution in [3.05, 3.63) is 29.0 Å². The molecule has 0 aliphatic heterocycles. The van der Waals surface area contributed by atoms with Gasteiger partial charge >= 0.3 is 0 Å². The molecule has 2 heterocycles. The molecule has 3 nitrogen and oxygen atoms in total. The highest BCUT2D eigenvalue weighted by Crippen LogP contribution is 2.25. The van der Waals surface area contributed by atoms with Crippen LogP contribution in [0.1, 0.15) is 20.3 Å². The lowest BCUT2D eigenvalue weighted by molar-refractivity contribution is 0.793. The Kier molecular flexibility index (Phi) is 3.94. The van der Waals surface area contributed by atoms with Crippen molar-refractivity contribution in [2.75, 3.05) is 18.0 Å². The second-order valence-corrected chi connectivity index (χ2v) is 4.85. The molecule has 0 atom stereocenters. The second kappa shape index (κ2) is 5.45. The van der Waals surface area contributed by atoms with E-state index in [1.165, 1.54) is 5.69 Å². The third-order valence-corrected chi connectivity index (χ3v) is 3.17. The highest BCUT2D eigenvalue weighted by Gasteiger charge is 2.09.